The van der Waals surface area contributed by atoms with Crippen molar-refractivity contribution in [2.75, 3.05) is 32.7 Å². The van der Waals surface area contributed by atoms with E-state index in [0.29, 0.717) is 31.5 Å². The van der Waals surface area contributed by atoms with Gasteiger partial charge in [0.2, 0.25) is 11.8 Å². The Hall–Kier alpha value is -2.96. The molecule has 0 bridgehead atoms. The second-order valence-electron chi connectivity index (χ2n) is 9.05. The third-order valence-corrected chi connectivity index (χ3v) is 6.32. The number of piperidine rings is 1. The molecule has 2 amide bonds. The fraction of sp³-hybridized carbons (Fsp3) is 0.682. The first kappa shape index (κ1) is 26.6. The number of carboxylic acids is 1. The number of alkyl halides is 3. The number of carboxylic acid groups (broad SMARTS) is 1. The summed E-state index contributed by atoms with van der Waals surface area (Å²) < 4.78 is 33.7. The van der Waals surface area contributed by atoms with Crippen LogP contribution in [-0.2, 0) is 27.5 Å². The molecule has 0 spiro atoms. The zero-order valence-electron chi connectivity index (χ0n) is 19.4. The quantitative estimate of drug-likeness (QED) is 0.587. The van der Waals surface area contributed by atoms with Crippen LogP contribution in [0.25, 0.3) is 0 Å². The van der Waals surface area contributed by atoms with Crippen molar-refractivity contribution in [3.63, 3.8) is 0 Å². The lowest BCUT2D eigenvalue weighted by Gasteiger charge is -2.34. The minimum atomic E-state index is -5.08. The SMILES string of the molecule is O=C(O)C(F)(F)F.O=C1CN(Cc2cn(CC3CCN(C(=O)C4CC=CCC4)CC3)nn2)CCN1. The summed E-state index contributed by atoms with van der Waals surface area (Å²) in [7, 11) is 0. The summed E-state index contributed by atoms with van der Waals surface area (Å²) in [5.74, 6) is -1.62. The van der Waals surface area contributed by atoms with E-state index in [1.54, 1.807) is 0 Å². The number of nitrogens with one attached hydrogen (secondary N) is 1. The Morgan fingerprint density at radius 1 is 1.14 bits per heavy atom. The standard InChI is InChI=1S/C20H30N6O2.C2HF3O2/c27-19-15-24(11-8-21-19)13-18-14-26(23-22-18)12-16-6-9-25(10-7-16)20(28)17-4-2-1-3-5-17;3-2(4,5)1(6)7/h1-2,14,16-17H,3-13,15H2,(H,21,27);(H,6,7). The summed E-state index contributed by atoms with van der Waals surface area (Å²) in [4.78, 5) is 37.2. The number of nitrogens with zero attached hydrogens (tertiary/aromatic N) is 5. The zero-order chi connectivity index (χ0) is 25.4. The van der Waals surface area contributed by atoms with Gasteiger partial charge < -0.3 is 15.3 Å². The molecular weight excluding hydrogens is 469 g/mol. The molecule has 0 aromatic carbocycles. The van der Waals surface area contributed by atoms with Gasteiger partial charge in [0.1, 0.15) is 0 Å². The predicted molar refractivity (Wildman–Crippen MR) is 118 cm³/mol. The van der Waals surface area contributed by atoms with Crippen LogP contribution in [0.15, 0.2) is 18.3 Å². The molecule has 1 aromatic heterocycles. The normalized spacial score (nSPS) is 21.7. The number of likely N-dealkylation sites (tertiary alicyclic amines) is 1. The summed E-state index contributed by atoms with van der Waals surface area (Å²) in [6.45, 7) is 5.19. The van der Waals surface area contributed by atoms with E-state index in [4.69, 9.17) is 9.90 Å². The maximum atomic E-state index is 12.7. The number of aromatic nitrogens is 3. The van der Waals surface area contributed by atoms with E-state index in [1.165, 1.54) is 0 Å². The summed E-state index contributed by atoms with van der Waals surface area (Å²) in [5, 5.41) is 18.5. The highest BCUT2D eigenvalue weighted by atomic mass is 19.4. The molecule has 2 N–H and O–H groups in total. The molecule has 3 heterocycles. The number of aliphatic carboxylic acids is 1. The van der Waals surface area contributed by atoms with Crippen LogP contribution in [0.4, 0.5) is 13.2 Å². The number of rotatable bonds is 5. The Kier molecular flexibility index (Phi) is 9.24. The van der Waals surface area contributed by atoms with Crippen molar-refractivity contribution in [2.45, 2.75) is 51.4 Å². The van der Waals surface area contributed by atoms with Crippen LogP contribution < -0.4 is 5.32 Å². The lowest BCUT2D eigenvalue weighted by atomic mass is 9.91. The molecule has 194 valence electrons. The Balaban J connectivity index is 0.000000429. The van der Waals surface area contributed by atoms with Gasteiger partial charge in [-0.25, -0.2) is 4.79 Å². The molecule has 2 fully saturated rings. The first-order valence-corrected chi connectivity index (χ1v) is 11.7. The number of piperazine rings is 1. The largest absolute Gasteiger partial charge is 0.490 e. The number of carbonyl (C=O) groups is 3. The second-order valence-corrected chi connectivity index (χ2v) is 9.05. The summed E-state index contributed by atoms with van der Waals surface area (Å²) in [6, 6.07) is 0. The van der Waals surface area contributed by atoms with Crippen LogP contribution in [0.1, 0.15) is 37.8 Å². The van der Waals surface area contributed by atoms with Crippen LogP contribution in [0, 0.1) is 11.8 Å². The highest BCUT2D eigenvalue weighted by Crippen LogP contribution is 2.25. The molecule has 35 heavy (non-hydrogen) atoms. The molecule has 3 aliphatic rings. The van der Waals surface area contributed by atoms with Crippen LogP contribution in [0.2, 0.25) is 0 Å². The topological polar surface area (TPSA) is 121 Å². The lowest BCUT2D eigenvalue weighted by Crippen LogP contribution is -2.47. The highest BCUT2D eigenvalue weighted by Gasteiger charge is 2.38. The van der Waals surface area contributed by atoms with Gasteiger partial charge in [0, 0.05) is 51.4 Å². The van der Waals surface area contributed by atoms with Gasteiger partial charge in [-0.2, -0.15) is 13.2 Å². The third kappa shape index (κ3) is 8.34. The minimum absolute atomic E-state index is 0.0733. The molecule has 10 nitrogen and oxygen atoms in total. The Morgan fingerprint density at radius 3 is 2.46 bits per heavy atom. The van der Waals surface area contributed by atoms with Gasteiger partial charge in [0.15, 0.2) is 0 Å². The number of allylic oxidation sites excluding steroid dienone is 2. The molecule has 1 aromatic rings. The summed E-state index contributed by atoms with van der Waals surface area (Å²) in [6.07, 6.45) is 6.22. The van der Waals surface area contributed by atoms with E-state index in [1.807, 2.05) is 10.9 Å². The maximum Gasteiger partial charge on any atom is 0.490 e. The van der Waals surface area contributed by atoms with Gasteiger partial charge in [0.25, 0.3) is 0 Å². The van der Waals surface area contributed by atoms with Crippen LogP contribution in [0.3, 0.4) is 0 Å². The van der Waals surface area contributed by atoms with Gasteiger partial charge in [-0.15, -0.1) is 5.10 Å². The average Bonchev–Trinajstić information content (AvgIpc) is 3.26. The number of carbonyl (C=O) groups excluding carboxylic acids is 2. The summed E-state index contributed by atoms with van der Waals surface area (Å²) in [5.41, 5.74) is 0.910. The lowest BCUT2D eigenvalue weighted by molar-refractivity contribution is -0.192. The molecule has 2 saturated heterocycles. The van der Waals surface area contributed by atoms with Crippen LogP contribution in [-0.4, -0.2) is 86.6 Å². The van der Waals surface area contributed by atoms with Gasteiger partial charge in [-0.05, 0) is 38.0 Å². The average molecular weight is 501 g/mol. The predicted octanol–water partition coefficient (Wildman–Crippen LogP) is 1.44. The first-order chi connectivity index (χ1) is 16.6. The molecule has 0 saturated carbocycles. The van der Waals surface area contributed by atoms with Gasteiger partial charge in [-0.1, -0.05) is 17.4 Å². The Morgan fingerprint density at radius 2 is 1.86 bits per heavy atom. The molecular formula is C22H31F3N6O4. The van der Waals surface area contributed by atoms with Gasteiger partial charge in [0.05, 0.1) is 12.2 Å². The number of amides is 2. The van der Waals surface area contributed by atoms with E-state index in [-0.39, 0.29) is 11.8 Å². The van der Waals surface area contributed by atoms with E-state index < -0.39 is 12.1 Å². The minimum Gasteiger partial charge on any atom is -0.475 e. The van der Waals surface area contributed by atoms with Gasteiger partial charge in [-0.3, -0.25) is 19.2 Å². The van der Waals surface area contributed by atoms with E-state index >= 15 is 0 Å². The maximum absolute atomic E-state index is 12.7. The van der Waals surface area contributed by atoms with Crippen molar-refractivity contribution >= 4 is 17.8 Å². The van der Waals surface area contributed by atoms with Crippen LogP contribution in [0.5, 0.6) is 0 Å². The van der Waals surface area contributed by atoms with Crippen molar-refractivity contribution in [3.8, 4) is 0 Å². The molecule has 2 aliphatic heterocycles. The fourth-order valence-corrected chi connectivity index (χ4v) is 4.43. The summed E-state index contributed by atoms with van der Waals surface area (Å²) >= 11 is 0. The number of hydrogen-bond donors (Lipinski definition) is 2. The van der Waals surface area contributed by atoms with Gasteiger partial charge >= 0.3 is 12.1 Å². The Bertz CT molecular complexity index is 911. The highest BCUT2D eigenvalue weighted by molar-refractivity contribution is 5.79. The molecule has 1 aliphatic carbocycles. The molecule has 0 radical (unpaired) electrons. The van der Waals surface area contributed by atoms with E-state index in [9.17, 15) is 22.8 Å². The van der Waals surface area contributed by atoms with E-state index in [0.717, 1.165) is 64.0 Å². The number of halogens is 3. The first-order valence-electron chi connectivity index (χ1n) is 11.7. The molecule has 1 atom stereocenters. The fourth-order valence-electron chi connectivity index (χ4n) is 4.43. The van der Waals surface area contributed by atoms with Crippen molar-refractivity contribution in [3.05, 3.63) is 24.0 Å². The van der Waals surface area contributed by atoms with Crippen molar-refractivity contribution in [2.24, 2.45) is 11.8 Å². The third-order valence-electron chi connectivity index (χ3n) is 6.32. The molecule has 1 unspecified atom stereocenters. The van der Waals surface area contributed by atoms with Crippen LogP contribution >= 0.6 is 0 Å². The van der Waals surface area contributed by atoms with Crippen molar-refractivity contribution in [1.29, 1.82) is 0 Å². The monoisotopic (exact) mass is 500 g/mol. The zero-order valence-corrected chi connectivity index (χ0v) is 19.4. The Labute approximate surface area is 201 Å². The second kappa shape index (κ2) is 12.1. The smallest absolute Gasteiger partial charge is 0.475 e. The van der Waals surface area contributed by atoms with Crippen molar-refractivity contribution in [1.82, 2.24) is 30.1 Å². The molecule has 4 rings (SSSR count). The van der Waals surface area contributed by atoms with E-state index in [2.05, 4.69) is 37.6 Å². The number of hydrogen-bond acceptors (Lipinski definition) is 6. The van der Waals surface area contributed by atoms with Crippen molar-refractivity contribution < 1.29 is 32.7 Å². The molecule has 13 heteroatoms.